The zero-order chi connectivity index (χ0) is 26.3. The van der Waals surface area contributed by atoms with Crippen LogP contribution in [0.2, 0.25) is 0 Å². The van der Waals surface area contributed by atoms with E-state index in [9.17, 15) is 13.6 Å². The highest BCUT2D eigenvalue weighted by Gasteiger charge is 2.31. The van der Waals surface area contributed by atoms with E-state index in [4.69, 9.17) is 0 Å². The van der Waals surface area contributed by atoms with E-state index in [1.165, 1.54) is 0 Å². The van der Waals surface area contributed by atoms with Crippen LogP contribution in [0.3, 0.4) is 0 Å². The van der Waals surface area contributed by atoms with Gasteiger partial charge in [0.25, 0.3) is 0 Å². The molecule has 0 aromatic carbocycles. The molecule has 1 saturated heterocycles. The SMILES string of the molecule is CC(C)n1cnc2c(F)nc(-c3nc(Cc4ccc(N5CCCC(N(C)C)C5=O)cn4)ncc3F)cc21. The van der Waals surface area contributed by atoms with Gasteiger partial charge in [-0.05, 0) is 59.0 Å². The number of fused-ring (bicyclic) bond motifs is 1. The minimum Gasteiger partial charge on any atom is -0.328 e. The number of halogens is 2. The lowest BCUT2D eigenvalue weighted by Crippen LogP contribution is -2.50. The first-order valence-corrected chi connectivity index (χ1v) is 12.2. The summed E-state index contributed by atoms with van der Waals surface area (Å²) >= 11 is 0. The fraction of sp³-hybridized carbons (Fsp3) is 0.385. The van der Waals surface area contributed by atoms with E-state index >= 15 is 0 Å². The molecule has 37 heavy (non-hydrogen) atoms. The van der Waals surface area contributed by atoms with Crippen molar-refractivity contribution < 1.29 is 13.6 Å². The predicted molar refractivity (Wildman–Crippen MR) is 135 cm³/mol. The number of anilines is 1. The number of rotatable bonds is 6. The molecule has 5 heterocycles. The van der Waals surface area contributed by atoms with Crippen LogP contribution in [-0.4, -0.2) is 67.0 Å². The van der Waals surface area contributed by atoms with Crippen molar-refractivity contribution in [2.24, 2.45) is 0 Å². The molecule has 1 aliphatic heterocycles. The Morgan fingerprint density at radius 1 is 1.11 bits per heavy atom. The number of hydrogen-bond donors (Lipinski definition) is 0. The van der Waals surface area contributed by atoms with Crippen LogP contribution in [0.1, 0.15) is 44.2 Å². The predicted octanol–water partition coefficient (Wildman–Crippen LogP) is 3.79. The molecule has 1 amide bonds. The van der Waals surface area contributed by atoms with E-state index < -0.39 is 11.8 Å². The van der Waals surface area contributed by atoms with Crippen LogP contribution in [-0.2, 0) is 11.2 Å². The van der Waals surface area contributed by atoms with Crippen molar-refractivity contribution in [1.82, 2.24) is 34.4 Å². The highest BCUT2D eigenvalue weighted by molar-refractivity contribution is 5.97. The van der Waals surface area contributed by atoms with Gasteiger partial charge >= 0.3 is 0 Å². The smallest absolute Gasteiger partial charge is 0.244 e. The van der Waals surface area contributed by atoms with Crippen LogP contribution in [0.15, 0.2) is 36.9 Å². The average molecular weight is 507 g/mol. The van der Waals surface area contributed by atoms with Gasteiger partial charge < -0.3 is 9.47 Å². The van der Waals surface area contributed by atoms with Crippen molar-refractivity contribution in [3.8, 4) is 11.4 Å². The molecule has 9 nitrogen and oxygen atoms in total. The zero-order valence-electron chi connectivity index (χ0n) is 21.2. The van der Waals surface area contributed by atoms with Crippen LogP contribution in [0.4, 0.5) is 14.5 Å². The number of likely N-dealkylation sites (N-methyl/N-ethyl adjacent to an activating group) is 1. The fourth-order valence-corrected chi connectivity index (χ4v) is 4.63. The topological polar surface area (TPSA) is 92.9 Å². The molecule has 5 rings (SSSR count). The Kier molecular flexibility index (Phi) is 6.63. The van der Waals surface area contributed by atoms with Crippen molar-refractivity contribution in [2.45, 2.75) is 45.2 Å². The van der Waals surface area contributed by atoms with Gasteiger partial charge in [0.1, 0.15) is 17.0 Å². The van der Waals surface area contributed by atoms with Gasteiger partial charge in [-0.15, -0.1) is 0 Å². The minimum atomic E-state index is -0.785. The van der Waals surface area contributed by atoms with Crippen molar-refractivity contribution in [1.29, 1.82) is 0 Å². The molecule has 1 fully saturated rings. The molecular formula is C26H28F2N8O. The minimum absolute atomic E-state index is 0.0356. The third kappa shape index (κ3) is 4.78. The molecule has 0 spiro atoms. The first-order valence-electron chi connectivity index (χ1n) is 12.2. The standard InChI is InChI=1S/C26H28F2N8O/c1-15(2)36-14-31-24-21(36)11-19(32-25(24)28)23-18(27)13-30-22(33-23)10-16-7-8-17(12-29-16)35-9-5-6-20(26(35)37)34(3)4/h7-8,11-15,20H,5-6,9-10H2,1-4H3. The number of carbonyl (C=O) groups is 1. The summed E-state index contributed by atoms with van der Waals surface area (Å²) in [6.07, 6.45) is 6.25. The van der Waals surface area contributed by atoms with Gasteiger partial charge in [0.2, 0.25) is 11.9 Å². The number of hydrogen-bond acceptors (Lipinski definition) is 7. The Bertz CT molecular complexity index is 1450. The second-order valence-corrected chi connectivity index (χ2v) is 9.69. The summed E-state index contributed by atoms with van der Waals surface area (Å²) in [5.74, 6) is -1.11. The van der Waals surface area contributed by atoms with Crippen LogP contribution in [0, 0.1) is 11.8 Å². The lowest BCUT2D eigenvalue weighted by molar-refractivity contribution is -0.124. The molecule has 1 unspecified atom stereocenters. The van der Waals surface area contributed by atoms with Crippen LogP contribution in [0.25, 0.3) is 22.4 Å². The Morgan fingerprint density at radius 2 is 1.92 bits per heavy atom. The highest BCUT2D eigenvalue weighted by Crippen LogP contribution is 2.27. The molecule has 1 atom stereocenters. The van der Waals surface area contributed by atoms with E-state index in [0.717, 1.165) is 24.7 Å². The summed E-state index contributed by atoms with van der Waals surface area (Å²) in [4.78, 5) is 37.5. The molecular weight excluding hydrogens is 478 g/mol. The third-order valence-corrected chi connectivity index (χ3v) is 6.61. The summed E-state index contributed by atoms with van der Waals surface area (Å²) < 4.78 is 31.2. The first kappa shape index (κ1) is 24.8. The molecule has 11 heteroatoms. The average Bonchev–Trinajstić information content (AvgIpc) is 3.31. The van der Waals surface area contributed by atoms with Crippen LogP contribution in [0.5, 0.6) is 0 Å². The Morgan fingerprint density at radius 3 is 2.62 bits per heavy atom. The summed E-state index contributed by atoms with van der Waals surface area (Å²) in [5, 5.41) is 0. The highest BCUT2D eigenvalue weighted by atomic mass is 19.1. The Hall–Kier alpha value is -3.86. The van der Waals surface area contributed by atoms with Crippen molar-refractivity contribution in [3.63, 3.8) is 0 Å². The molecule has 1 aliphatic rings. The van der Waals surface area contributed by atoms with Gasteiger partial charge in [0.15, 0.2) is 5.82 Å². The number of imidazole rings is 1. The van der Waals surface area contributed by atoms with E-state index in [2.05, 4.69) is 24.9 Å². The van der Waals surface area contributed by atoms with Crippen LogP contribution < -0.4 is 4.90 Å². The van der Waals surface area contributed by atoms with Crippen LogP contribution >= 0.6 is 0 Å². The largest absolute Gasteiger partial charge is 0.328 e. The molecule has 0 bridgehead atoms. The Balaban J connectivity index is 1.40. The molecule has 4 aromatic rings. The quantitative estimate of drug-likeness (QED) is 0.368. The monoisotopic (exact) mass is 506 g/mol. The van der Waals surface area contributed by atoms with E-state index in [0.29, 0.717) is 23.6 Å². The second kappa shape index (κ2) is 9.89. The number of aromatic nitrogens is 6. The number of piperidine rings is 1. The maximum absolute atomic E-state index is 14.7. The number of pyridine rings is 2. The van der Waals surface area contributed by atoms with E-state index in [1.807, 2.05) is 38.9 Å². The maximum atomic E-state index is 14.7. The first-order chi connectivity index (χ1) is 17.7. The van der Waals surface area contributed by atoms with Crippen molar-refractivity contribution >= 4 is 22.6 Å². The van der Waals surface area contributed by atoms with E-state index in [1.54, 1.807) is 34.1 Å². The molecule has 0 saturated carbocycles. The Labute approximate surface area is 213 Å². The van der Waals surface area contributed by atoms with Gasteiger partial charge in [0, 0.05) is 18.3 Å². The zero-order valence-corrected chi connectivity index (χ0v) is 21.2. The maximum Gasteiger partial charge on any atom is 0.244 e. The van der Waals surface area contributed by atoms with Crippen molar-refractivity contribution in [2.75, 3.05) is 25.5 Å². The summed E-state index contributed by atoms with van der Waals surface area (Å²) in [7, 11) is 3.82. The lowest BCUT2D eigenvalue weighted by atomic mass is 10.0. The van der Waals surface area contributed by atoms with Gasteiger partial charge in [0.05, 0.1) is 48.1 Å². The molecule has 192 valence electrons. The summed E-state index contributed by atoms with van der Waals surface area (Å²) in [5.41, 5.74) is 2.00. The summed E-state index contributed by atoms with van der Waals surface area (Å²) in [6.45, 7) is 4.54. The third-order valence-electron chi connectivity index (χ3n) is 6.61. The molecule has 0 N–H and O–H groups in total. The van der Waals surface area contributed by atoms with E-state index in [-0.39, 0.29) is 41.3 Å². The van der Waals surface area contributed by atoms with Gasteiger partial charge in [-0.1, -0.05) is 0 Å². The van der Waals surface area contributed by atoms with Crippen molar-refractivity contribution in [3.05, 3.63) is 60.2 Å². The molecule has 0 radical (unpaired) electrons. The molecule has 4 aromatic heterocycles. The second-order valence-electron chi connectivity index (χ2n) is 9.69. The number of amides is 1. The molecule has 0 aliphatic carbocycles. The number of nitrogens with zero attached hydrogens (tertiary/aromatic N) is 8. The lowest BCUT2D eigenvalue weighted by Gasteiger charge is -2.35. The summed E-state index contributed by atoms with van der Waals surface area (Å²) in [6, 6.07) is 5.13. The number of carbonyl (C=O) groups excluding carboxylic acids is 1. The van der Waals surface area contributed by atoms with Gasteiger partial charge in [-0.3, -0.25) is 14.7 Å². The van der Waals surface area contributed by atoms with Gasteiger partial charge in [-0.2, -0.15) is 4.39 Å². The normalized spacial score (nSPS) is 16.4. The fourth-order valence-electron chi connectivity index (χ4n) is 4.63. The van der Waals surface area contributed by atoms with Gasteiger partial charge in [-0.25, -0.2) is 24.3 Å².